The number of carbonyl (C=O) groups is 1. The van der Waals surface area contributed by atoms with Crippen LogP contribution in [-0.4, -0.2) is 27.6 Å². The first-order chi connectivity index (χ1) is 14.6. The van der Waals surface area contributed by atoms with E-state index in [9.17, 15) is 14.9 Å². The highest BCUT2D eigenvalue weighted by Crippen LogP contribution is 2.30. The number of carbonyl (C=O) groups excluding carboxylic acids is 1. The third kappa shape index (κ3) is 4.18. The number of amides is 1. The Bertz CT molecular complexity index is 1190. The number of nitro benzene ring substituents is 1. The predicted molar refractivity (Wildman–Crippen MR) is 110 cm³/mol. The topological polar surface area (TPSA) is 120 Å². The van der Waals surface area contributed by atoms with Crippen molar-refractivity contribution in [2.45, 2.75) is 0 Å². The Morgan fingerprint density at radius 2 is 1.93 bits per heavy atom. The molecule has 9 nitrogen and oxygen atoms in total. The van der Waals surface area contributed by atoms with E-state index in [1.807, 2.05) is 17.5 Å². The highest BCUT2D eigenvalue weighted by molar-refractivity contribution is 7.13. The molecule has 0 fully saturated rings. The van der Waals surface area contributed by atoms with Gasteiger partial charge in [-0.3, -0.25) is 14.9 Å². The monoisotopic (exact) mass is 422 g/mol. The van der Waals surface area contributed by atoms with Crippen LogP contribution in [-0.2, 0) is 4.79 Å². The molecule has 0 saturated heterocycles. The fourth-order valence-electron chi connectivity index (χ4n) is 2.68. The second-order valence-electron chi connectivity index (χ2n) is 6.01. The van der Waals surface area contributed by atoms with Gasteiger partial charge in [0, 0.05) is 6.07 Å². The summed E-state index contributed by atoms with van der Waals surface area (Å²) in [5, 5.41) is 19.7. The van der Waals surface area contributed by atoms with E-state index in [0.29, 0.717) is 17.1 Å². The van der Waals surface area contributed by atoms with Gasteiger partial charge in [0.25, 0.3) is 11.8 Å². The van der Waals surface area contributed by atoms with Gasteiger partial charge in [0.15, 0.2) is 12.4 Å². The van der Waals surface area contributed by atoms with Crippen LogP contribution in [0.1, 0.15) is 0 Å². The van der Waals surface area contributed by atoms with Crippen molar-refractivity contribution in [3.63, 3.8) is 0 Å². The molecule has 10 heteroatoms. The molecule has 0 atom stereocenters. The first-order valence-electron chi connectivity index (χ1n) is 8.75. The summed E-state index contributed by atoms with van der Waals surface area (Å²) in [4.78, 5) is 28.1. The lowest BCUT2D eigenvalue weighted by atomic mass is 10.1. The van der Waals surface area contributed by atoms with Gasteiger partial charge in [0.05, 0.1) is 21.1 Å². The molecule has 0 aliphatic heterocycles. The first-order valence-corrected chi connectivity index (χ1v) is 9.63. The molecule has 0 saturated carbocycles. The number of thiophene rings is 1. The summed E-state index contributed by atoms with van der Waals surface area (Å²) < 4.78 is 10.7. The lowest BCUT2D eigenvalue weighted by Crippen LogP contribution is -2.20. The fraction of sp³-hybridized carbons (Fsp3) is 0.0500. The standard InChI is InChI=1S/C20H14N4O5S/c25-18(12-28-16-9-4-3-8-15(16)24(26)27)21-14-7-2-1-6-13(14)20-22-19(23-29-20)17-10-5-11-30-17/h1-11H,12H2,(H,21,25). The number of nitro groups is 1. The number of hydrogen-bond acceptors (Lipinski definition) is 8. The van der Waals surface area contributed by atoms with Crippen LogP contribution in [0.3, 0.4) is 0 Å². The van der Waals surface area contributed by atoms with E-state index in [-0.39, 0.29) is 17.3 Å². The van der Waals surface area contributed by atoms with Gasteiger partial charge in [-0.05, 0) is 29.6 Å². The minimum Gasteiger partial charge on any atom is -0.477 e. The van der Waals surface area contributed by atoms with E-state index in [0.717, 1.165) is 4.88 Å². The van der Waals surface area contributed by atoms with Gasteiger partial charge in [-0.25, -0.2) is 0 Å². The molecule has 0 aliphatic rings. The second-order valence-corrected chi connectivity index (χ2v) is 6.96. The Labute approximate surface area is 174 Å². The third-order valence-corrected chi connectivity index (χ3v) is 4.89. The van der Waals surface area contributed by atoms with Crippen LogP contribution in [0.25, 0.3) is 22.2 Å². The van der Waals surface area contributed by atoms with Crippen LogP contribution in [0.15, 0.2) is 70.6 Å². The Morgan fingerprint density at radius 1 is 1.13 bits per heavy atom. The molecule has 2 heterocycles. The summed E-state index contributed by atoms with van der Waals surface area (Å²) in [5.74, 6) is 0.247. The Kier molecular flexibility index (Phi) is 5.48. The molecule has 0 radical (unpaired) electrons. The molecular weight excluding hydrogens is 408 g/mol. The maximum atomic E-state index is 12.4. The van der Waals surface area contributed by atoms with E-state index in [4.69, 9.17) is 9.26 Å². The van der Waals surface area contributed by atoms with Gasteiger partial charge in [-0.15, -0.1) is 11.3 Å². The predicted octanol–water partition coefficient (Wildman–Crippen LogP) is 4.39. The van der Waals surface area contributed by atoms with Crippen LogP contribution in [0, 0.1) is 10.1 Å². The molecule has 1 N–H and O–H groups in total. The maximum absolute atomic E-state index is 12.4. The number of hydrogen-bond donors (Lipinski definition) is 1. The van der Waals surface area contributed by atoms with E-state index < -0.39 is 17.4 Å². The van der Waals surface area contributed by atoms with Crippen LogP contribution in [0.2, 0.25) is 0 Å². The molecule has 0 unspecified atom stereocenters. The molecule has 0 bridgehead atoms. The fourth-order valence-corrected chi connectivity index (χ4v) is 3.33. The second kappa shape index (κ2) is 8.53. The average molecular weight is 422 g/mol. The Morgan fingerprint density at radius 3 is 2.73 bits per heavy atom. The zero-order chi connectivity index (χ0) is 20.9. The van der Waals surface area contributed by atoms with E-state index in [1.165, 1.54) is 29.5 Å². The summed E-state index contributed by atoms with van der Waals surface area (Å²) in [7, 11) is 0. The molecule has 1 amide bonds. The molecule has 0 spiro atoms. The molecule has 30 heavy (non-hydrogen) atoms. The number of nitrogens with zero attached hydrogens (tertiary/aromatic N) is 3. The number of nitrogens with one attached hydrogen (secondary N) is 1. The van der Waals surface area contributed by atoms with Gasteiger partial charge in [0.2, 0.25) is 5.82 Å². The van der Waals surface area contributed by atoms with Crippen LogP contribution < -0.4 is 10.1 Å². The Balaban J connectivity index is 1.48. The van der Waals surface area contributed by atoms with Crippen LogP contribution in [0.5, 0.6) is 5.75 Å². The highest BCUT2D eigenvalue weighted by atomic mass is 32.1. The van der Waals surface area contributed by atoms with Gasteiger partial charge < -0.3 is 14.6 Å². The van der Waals surface area contributed by atoms with Crippen molar-refractivity contribution >= 4 is 28.6 Å². The zero-order valence-corrected chi connectivity index (χ0v) is 16.2. The number of aromatic nitrogens is 2. The maximum Gasteiger partial charge on any atom is 0.310 e. The summed E-state index contributed by atoms with van der Waals surface area (Å²) in [6.45, 7) is -0.399. The van der Waals surface area contributed by atoms with Gasteiger partial charge in [-0.1, -0.05) is 35.5 Å². The molecule has 2 aromatic heterocycles. The molecule has 2 aromatic carbocycles. The number of benzene rings is 2. The number of anilines is 1. The quantitative estimate of drug-likeness (QED) is 0.346. The van der Waals surface area contributed by atoms with Crippen molar-refractivity contribution in [1.82, 2.24) is 10.1 Å². The summed E-state index contributed by atoms with van der Waals surface area (Å²) in [6.07, 6.45) is 0. The van der Waals surface area contributed by atoms with Crippen molar-refractivity contribution in [3.8, 4) is 27.9 Å². The lowest BCUT2D eigenvalue weighted by Gasteiger charge is -2.09. The Hall–Kier alpha value is -4.05. The molecule has 4 rings (SSSR count). The number of para-hydroxylation sites is 3. The molecule has 4 aromatic rings. The summed E-state index contributed by atoms with van der Waals surface area (Å²) >= 11 is 1.49. The van der Waals surface area contributed by atoms with Crippen molar-refractivity contribution in [3.05, 3.63) is 76.2 Å². The van der Waals surface area contributed by atoms with Crippen LogP contribution >= 0.6 is 11.3 Å². The first kappa shape index (κ1) is 19.3. The van der Waals surface area contributed by atoms with Crippen molar-refractivity contribution < 1.29 is 19.0 Å². The SMILES string of the molecule is O=C(COc1ccccc1[N+](=O)[O-])Nc1ccccc1-c1nc(-c2cccs2)no1. The number of ether oxygens (including phenoxy) is 1. The summed E-state index contributed by atoms with van der Waals surface area (Å²) in [6, 6.07) is 16.6. The average Bonchev–Trinajstić information content (AvgIpc) is 3.45. The molecular formula is C20H14N4O5S. The molecule has 150 valence electrons. The van der Waals surface area contributed by atoms with Gasteiger partial charge in [0.1, 0.15) is 0 Å². The third-order valence-electron chi connectivity index (χ3n) is 4.02. The normalized spacial score (nSPS) is 10.5. The van der Waals surface area contributed by atoms with Crippen molar-refractivity contribution in [1.29, 1.82) is 0 Å². The van der Waals surface area contributed by atoms with E-state index in [1.54, 1.807) is 30.3 Å². The smallest absolute Gasteiger partial charge is 0.310 e. The van der Waals surface area contributed by atoms with Crippen molar-refractivity contribution in [2.24, 2.45) is 0 Å². The lowest BCUT2D eigenvalue weighted by molar-refractivity contribution is -0.385. The molecule has 0 aliphatic carbocycles. The van der Waals surface area contributed by atoms with E-state index >= 15 is 0 Å². The van der Waals surface area contributed by atoms with Crippen LogP contribution in [0.4, 0.5) is 11.4 Å². The minimum atomic E-state index is -0.566. The van der Waals surface area contributed by atoms with Gasteiger partial charge in [-0.2, -0.15) is 4.98 Å². The van der Waals surface area contributed by atoms with Gasteiger partial charge >= 0.3 is 5.69 Å². The summed E-state index contributed by atoms with van der Waals surface area (Å²) in [5.41, 5.74) is 0.791. The number of rotatable bonds is 7. The minimum absolute atomic E-state index is 0.0171. The van der Waals surface area contributed by atoms with E-state index in [2.05, 4.69) is 15.5 Å². The largest absolute Gasteiger partial charge is 0.477 e. The zero-order valence-electron chi connectivity index (χ0n) is 15.3. The highest BCUT2D eigenvalue weighted by Gasteiger charge is 2.18. The van der Waals surface area contributed by atoms with Crippen molar-refractivity contribution in [2.75, 3.05) is 11.9 Å².